The van der Waals surface area contributed by atoms with Gasteiger partial charge in [-0.05, 0) is 24.5 Å². The van der Waals surface area contributed by atoms with Crippen LogP contribution in [-0.2, 0) is 6.42 Å². The number of aromatic nitrogens is 3. The van der Waals surface area contributed by atoms with E-state index in [1.807, 2.05) is 31.3 Å². The fraction of sp³-hybridized carbons (Fsp3) is 0.357. The van der Waals surface area contributed by atoms with Gasteiger partial charge >= 0.3 is 0 Å². The number of hydrogen-bond acceptors (Lipinski definition) is 4. The number of rotatable bonds is 4. The molecular weight excluding hydrogens is 224 g/mol. The predicted molar refractivity (Wildman–Crippen MR) is 73.4 cm³/mol. The van der Waals surface area contributed by atoms with Gasteiger partial charge in [0.25, 0.3) is 0 Å². The number of nitrogens with zero attached hydrogens (tertiary/aromatic N) is 3. The van der Waals surface area contributed by atoms with Crippen molar-refractivity contribution in [3.05, 3.63) is 36.2 Å². The van der Waals surface area contributed by atoms with Crippen molar-refractivity contribution in [1.29, 1.82) is 0 Å². The van der Waals surface area contributed by atoms with Crippen molar-refractivity contribution in [2.24, 2.45) is 5.92 Å². The Kier molecular flexibility index (Phi) is 3.87. The second-order valence-electron chi connectivity index (χ2n) is 4.63. The lowest BCUT2D eigenvalue weighted by Gasteiger charge is -2.09. The van der Waals surface area contributed by atoms with E-state index in [4.69, 9.17) is 0 Å². The first-order valence-corrected chi connectivity index (χ1v) is 6.16. The molecule has 0 aliphatic carbocycles. The van der Waals surface area contributed by atoms with Crippen LogP contribution in [0, 0.1) is 5.92 Å². The average molecular weight is 242 g/mol. The average Bonchev–Trinajstić information content (AvgIpc) is 2.38. The van der Waals surface area contributed by atoms with E-state index in [2.05, 4.69) is 34.1 Å². The maximum atomic E-state index is 4.58. The number of nitrogens with one attached hydrogen (secondary N) is 1. The van der Waals surface area contributed by atoms with E-state index in [1.54, 1.807) is 6.20 Å². The minimum absolute atomic E-state index is 0.571. The Labute approximate surface area is 108 Å². The first-order chi connectivity index (χ1) is 8.69. The molecule has 4 heteroatoms. The third-order valence-corrected chi connectivity index (χ3v) is 2.55. The second-order valence-corrected chi connectivity index (χ2v) is 4.63. The molecule has 2 rings (SSSR count). The van der Waals surface area contributed by atoms with Gasteiger partial charge in [-0.3, -0.25) is 4.98 Å². The Hall–Kier alpha value is -1.97. The van der Waals surface area contributed by atoms with Gasteiger partial charge in [0.2, 0.25) is 0 Å². The summed E-state index contributed by atoms with van der Waals surface area (Å²) in [7, 11) is 1.86. The summed E-state index contributed by atoms with van der Waals surface area (Å²) < 4.78 is 0. The standard InChI is InChI=1S/C14H18N4/c1-10(2)8-11-9-13(15-3)18-14(17-11)12-6-4-5-7-16-12/h4-7,9-10H,8H2,1-3H3,(H,15,17,18). The summed E-state index contributed by atoms with van der Waals surface area (Å²) in [5.74, 6) is 2.08. The van der Waals surface area contributed by atoms with E-state index < -0.39 is 0 Å². The molecule has 0 radical (unpaired) electrons. The molecule has 0 unspecified atom stereocenters. The predicted octanol–water partition coefficient (Wildman–Crippen LogP) is 2.78. The highest BCUT2D eigenvalue weighted by atomic mass is 15.0. The Bertz CT molecular complexity index is 508. The zero-order valence-corrected chi connectivity index (χ0v) is 11.0. The van der Waals surface area contributed by atoms with Crippen LogP contribution < -0.4 is 5.32 Å². The quantitative estimate of drug-likeness (QED) is 0.895. The summed E-state index contributed by atoms with van der Waals surface area (Å²) in [5.41, 5.74) is 1.85. The van der Waals surface area contributed by atoms with Crippen LogP contribution in [-0.4, -0.2) is 22.0 Å². The molecule has 0 saturated heterocycles. The smallest absolute Gasteiger partial charge is 0.180 e. The summed E-state index contributed by atoms with van der Waals surface area (Å²) in [4.78, 5) is 13.3. The largest absolute Gasteiger partial charge is 0.373 e. The molecule has 0 fully saturated rings. The molecule has 2 aromatic rings. The molecule has 0 amide bonds. The van der Waals surface area contributed by atoms with Crippen molar-refractivity contribution in [3.8, 4) is 11.5 Å². The Balaban J connectivity index is 2.41. The highest BCUT2D eigenvalue weighted by Crippen LogP contribution is 2.17. The lowest BCUT2D eigenvalue weighted by molar-refractivity contribution is 0.635. The highest BCUT2D eigenvalue weighted by molar-refractivity contribution is 5.52. The van der Waals surface area contributed by atoms with Crippen molar-refractivity contribution >= 4 is 5.82 Å². The molecule has 4 nitrogen and oxygen atoms in total. The van der Waals surface area contributed by atoms with Gasteiger partial charge in [0.05, 0.1) is 0 Å². The van der Waals surface area contributed by atoms with Crippen molar-refractivity contribution in [3.63, 3.8) is 0 Å². The summed E-state index contributed by atoms with van der Waals surface area (Å²) in [6, 6.07) is 7.75. The summed E-state index contributed by atoms with van der Waals surface area (Å²) >= 11 is 0. The molecule has 0 aliphatic heterocycles. The molecule has 2 aromatic heterocycles. The maximum absolute atomic E-state index is 4.58. The zero-order chi connectivity index (χ0) is 13.0. The van der Waals surface area contributed by atoms with Gasteiger partial charge in [-0.1, -0.05) is 19.9 Å². The molecule has 0 atom stereocenters. The van der Waals surface area contributed by atoms with Crippen molar-refractivity contribution < 1.29 is 0 Å². The molecule has 0 aliphatic rings. The normalized spacial score (nSPS) is 10.7. The van der Waals surface area contributed by atoms with Gasteiger partial charge < -0.3 is 5.32 Å². The third kappa shape index (κ3) is 3.03. The topological polar surface area (TPSA) is 50.7 Å². The number of pyridine rings is 1. The lowest BCUT2D eigenvalue weighted by Crippen LogP contribution is -2.04. The summed E-state index contributed by atoms with van der Waals surface area (Å²) in [6.45, 7) is 4.36. The maximum Gasteiger partial charge on any atom is 0.180 e. The van der Waals surface area contributed by atoms with Crippen LogP contribution in [0.5, 0.6) is 0 Å². The monoisotopic (exact) mass is 242 g/mol. The van der Waals surface area contributed by atoms with E-state index >= 15 is 0 Å². The van der Waals surface area contributed by atoms with Gasteiger partial charge in [-0.15, -0.1) is 0 Å². The summed E-state index contributed by atoms with van der Waals surface area (Å²) in [6.07, 6.45) is 2.70. The fourth-order valence-electron chi connectivity index (χ4n) is 1.76. The van der Waals surface area contributed by atoms with Crippen LogP contribution >= 0.6 is 0 Å². The fourth-order valence-corrected chi connectivity index (χ4v) is 1.76. The molecular formula is C14H18N4. The Morgan fingerprint density at radius 1 is 1.22 bits per heavy atom. The van der Waals surface area contributed by atoms with E-state index in [0.717, 1.165) is 23.6 Å². The SMILES string of the molecule is CNc1cc(CC(C)C)nc(-c2ccccn2)n1. The van der Waals surface area contributed by atoms with Crippen molar-refractivity contribution in [2.45, 2.75) is 20.3 Å². The van der Waals surface area contributed by atoms with Crippen LogP contribution in [0.25, 0.3) is 11.5 Å². The molecule has 2 heterocycles. The van der Waals surface area contributed by atoms with E-state index in [1.165, 1.54) is 0 Å². The van der Waals surface area contributed by atoms with Gasteiger partial charge in [0.15, 0.2) is 5.82 Å². The highest BCUT2D eigenvalue weighted by Gasteiger charge is 2.08. The van der Waals surface area contributed by atoms with E-state index in [0.29, 0.717) is 11.7 Å². The van der Waals surface area contributed by atoms with Crippen LogP contribution in [0.3, 0.4) is 0 Å². The van der Waals surface area contributed by atoms with Crippen LogP contribution in [0.2, 0.25) is 0 Å². The molecule has 18 heavy (non-hydrogen) atoms. The Morgan fingerprint density at radius 2 is 2.06 bits per heavy atom. The van der Waals surface area contributed by atoms with Crippen molar-refractivity contribution in [1.82, 2.24) is 15.0 Å². The number of anilines is 1. The van der Waals surface area contributed by atoms with Gasteiger partial charge in [-0.2, -0.15) is 0 Å². The van der Waals surface area contributed by atoms with Crippen LogP contribution in [0.15, 0.2) is 30.5 Å². The first kappa shape index (κ1) is 12.5. The molecule has 1 N–H and O–H groups in total. The van der Waals surface area contributed by atoms with Crippen molar-refractivity contribution in [2.75, 3.05) is 12.4 Å². The molecule has 0 bridgehead atoms. The Morgan fingerprint density at radius 3 is 2.67 bits per heavy atom. The van der Waals surface area contributed by atoms with E-state index in [-0.39, 0.29) is 0 Å². The van der Waals surface area contributed by atoms with Gasteiger partial charge in [-0.25, -0.2) is 9.97 Å². The minimum Gasteiger partial charge on any atom is -0.373 e. The molecule has 94 valence electrons. The van der Waals surface area contributed by atoms with Gasteiger partial charge in [0.1, 0.15) is 11.5 Å². The molecule has 0 saturated carbocycles. The number of hydrogen-bond donors (Lipinski definition) is 1. The van der Waals surface area contributed by atoms with Crippen LogP contribution in [0.4, 0.5) is 5.82 Å². The molecule has 0 aromatic carbocycles. The lowest BCUT2D eigenvalue weighted by atomic mass is 10.1. The van der Waals surface area contributed by atoms with Crippen LogP contribution in [0.1, 0.15) is 19.5 Å². The summed E-state index contributed by atoms with van der Waals surface area (Å²) in [5, 5.41) is 3.07. The second kappa shape index (κ2) is 5.58. The zero-order valence-electron chi connectivity index (χ0n) is 11.0. The molecule has 0 spiro atoms. The minimum atomic E-state index is 0.571. The van der Waals surface area contributed by atoms with Gasteiger partial charge in [0, 0.05) is 25.0 Å². The van der Waals surface area contributed by atoms with E-state index in [9.17, 15) is 0 Å². The first-order valence-electron chi connectivity index (χ1n) is 6.16. The third-order valence-electron chi connectivity index (χ3n) is 2.55.